The van der Waals surface area contributed by atoms with Crippen molar-refractivity contribution in [3.63, 3.8) is 0 Å². The van der Waals surface area contributed by atoms with Gasteiger partial charge in [0.2, 0.25) is 0 Å². The predicted octanol–water partition coefficient (Wildman–Crippen LogP) is 21.4. The van der Waals surface area contributed by atoms with Gasteiger partial charge in [-0.05, 0) is 70.6 Å². The van der Waals surface area contributed by atoms with Crippen LogP contribution in [0.25, 0.3) is 0 Å². The Morgan fingerprint density at radius 3 is 0.704 bits per heavy atom. The SMILES string of the molecule is CCCCCCC/C=C\CCCCCCCC(=O)OC(COC(=O)CCCCCCCCCCCC)COC(=O)CCCCCCCCCCCCCCCCCCC/C=C\CCCCCCCCCC. The largest absolute Gasteiger partial charge is 0.462 e. The smallest absolute Gasteiger partial charge is 0.306 e. The van der Waals surface area contributed by atoms with Crippen LogP contribution in [0.1, 0.15) is 355 Å². The van der Waals surface area contributed by atoms with Crippen LogP contribution >= 0.6 is 0 Å². The van der Waals surface area contributed by atoms with E-state index in [1.54, 1.807) is 0 Å². The molecule has 0 fully saturated rings. The van der Waals surface area contributed by atoms with Crippen LogP contribution in [0.5, 0.6) is 0 Å². The molecule has 6 nitrogen and oxygen atoms in total. The van der Waals surface area contributed by atoms with Gasteiger partial charge in [0.25, 0.3) is 0 Å². The summed E-state index contributed by atoms with van der Waals surface area (Å²) in [6.45, 7) is 6.66. The van der Waals surface area contributed by atoms with E-state index in [4.69, 9.17) is 14.2 Å². The zero-order chi connectivity index (χ0) is 51.4. The van der Waals surface area contributed by atoms with Gasteiger partial charge in [-0.15, -0.1) is 0 Å². The lowest BCUT2D eigenvalue weighted by Crippen LogP contribution is -2.30. The first kappa shape index (κ1) is 68.9. The third-order valence-electron chi connectivity index (χ3n) is 14.4. The van der Waals surface area contributed by atoms with Crippen molar-refractivity contribution in [3.05, 3.63) is 24.3 Å². The summed E-state index contributed by atoms with van der Waals surface area (Å²) >= 11 is 0. The van der Waals surface area contributed by atoms with Crippen LogP contribution in [0.2, 0.25) is 0 Å². The molecule has 6 heteroatoms. The first-order chi connectivity index (χ1) is 35.0. The van der Waals surface area contributed by atoms with E-state index in [2.05, 4.69) is 45.1 Å². The van der Waals surface area contributed by atoms with Crippen LogP contribution in [0.3, 0.4) is 0 Å². The molecular formula is C65H122O6. The lowest BCUT2D eigenvalue weighted by molar-refractivity contribution is -0.167. The zero-order valence-electron chi connectivity index (χ0n) is 48.0. The molecule has 0 aromatic carbocycles. The molecule has 0 rings (SSSR count). The lowest BCUT2D eigenvalue weighted by atomic mass is 10.0. The molecule has 0 N–H and O–H groups in total. The van der Waals surface area contributed by atoms with Gasteiger partial charge in [-0.3, -0.25) is 14.4 Å². The second-order valence-electron chi connectivity index (χ2n) is 21.7. The van der Waals surface area contributed by atoms with E-state index in [1.807, 2.05) is 0 Å². The van der Waals surface area contributed by atoms with Gasteiger partial charge in [0.05, 0.1) is 0 Å². The Labute approximate surface area is 443 Å². The maximum Gasteiger partial charge on any atom is 0.306 e. The van der Waals surface area contributed by atoms with E-state index >= 15 is 0 Å². The minimum absolute atomic E-state index is 0.0693. The summed E-state index contributed by atoms with van der Waals surface area (Å²) in [7, 11) is 0. The van der Waals surface area contributed by atoms with Crippen molar-refractivity contribution >= 4 is 17.9 Å². The molecule has 0 aliphatic heterocycles. The fourth-order valence-corrected chi connectivity index (χ4v) is 9.61. The van der Waals surface area contributed by atoms with Crippen LogP contribution < -0.4 is 0 Å². The van der Waals surface area contributed by atoms with Crippen molar-refractivity contribution in [3.8, 4) is 0 Å². The van der Waals surface area contributed by atoms with Gasteiger partial charge in [0.15, 0.2) is 6.10 Å². The number of hydrogen-bond acceptors (Lipinski definition) is 6. The molecule has 0 aliphatic carbocycles. The Kier molecular flexibility index (Phi) is 58.6. The van der Waals surface area contributed by atoms with Crippen molar-refractivity contribution in [2.24, 2.45) is 0 Å². The molecule has 0 saturated carbocycles. The van der Waals surface area contributed by atoms with Gasteiger partial charge < -0.3 is 14.2 Å². The van der Waals surface area contributed by atoms with Crippen molar-refractivity contribution in [1.29, 1.82) is 0 Å². The zero-order valence-corrected chi connectivity index (χ0v) is 48.0. The van der Waals surface area contributed by atoms with Crippen LogP contribution in [0.15, 0.2) is 24.3 Å². The van der Waals surface area contributed by atoms with Gasteiger partial charge in [-0.1, -0.05) is 289 Å². The topological polar surface area (TPSA) is 78.9 Å². The molecule has 71 heavy (non-hydrogen) atoms. The number of allylic oxidation sites excluding steroid dienone is 4. The first-order valence-electron chi connectivity index (χ1n) is 31.8. The van der Waals surface area contributed by atoms with Crippen LogP contribution in [0, 0.1) is 0 Å². The highest BCUT2D eigenvalue weighted by atomic mass is 16.6. The third-order valence-corrected chi connectivity index (χ3v) is 14.4. The summed E-state index contributed by atoms with van der Waals surface area (Å²) in [6.07, 6.45) is 72.1. The van der Waals surface area contributed by atoms with Crippen molar-refractivity contribution in [1.82, 2.24) is 0 Å². The summed E-state index contributed by atoms with van der Waals surface area (Å²) in [5.41, 5.74) is 0. The minimum atomic E-state index is -0.770. The van der Waals surface area contributed by atoms with E-state index in [0.29, 0.717) is 19.3 Å². The molecule has 0 bridgehead atoms. The molecule has 1 unspecified atom stereocenters. The molecule has 0 aromatic heterocycles. The van der Waals surface area contributed by atoms with Crippen LogP contribution in [-0.2, 0) is 28.6 Å². The Morgan fingerprint density at radius 1 is 0.268 bits per heavy atom. The van der Waals surface area contributed by atoms with Gasteiger partial charge in [0.1, 0.15) is 13.2 Å². The van der Waals surface area contributed by atoms with E-state index < -0.39 is 6.10 Å². The number of unbranched alkanes of at least 4 members (excludes halogenated alkanes) is 44. The minimum Gasteiger partial charge on any atom is -0.462 e. The first-order valence-corrected chi connectivity index (χ1v) is 31.8. The summed E-state index contributed by atoms with van der Waals surface area (Å²) < 4.78 is 16.9. The maximum atomic E-state index is 12.8. The van der Waals surface area contributed by atoms with E-state index in [9.17, 15) is 14.4 Å². The molecule has 0 amide bonds. The van der Waals surface area contributed by atoms with Crippen molar-refractivity contribution in [2.75, 3.05) is 13.2 Å². The second kappa shape index (κ2) is 60.4. The second-order valence-corrected chi connectivity index (χ2v) is 21.7. The summed E-state index contributed by atoms with van der Waals surface area (Å²) in [5.74, 6) is -0.858. The third kappa shape index (κ3) is 58.7. The van der Waals surface area contributed by atoms with Crippen molar-refractivity contribution < 1.29 is 28.6 Å². The molecule has 0 radical (unpaired) electrons. The number of hydrogen-bond donors (Lipinski definition) is 0. The van der Waals surface area contributed by atoms with Crippen LogP contribution in [0.4, 0.5) is 0 Å². The number of carbonyl (C=O) groups excluding carboxylic acids is 3. The molecule has 0 saturated heterocycles. The Balaban J connectivity index is 4.08. The number of ether oxygens (including phenoxy) is 3. The maximum absolute atomic E-state index is 12.8. The molecule has 418 valence electrons. The van der Waals surface area contributed by atoms with Crippen LogP contribution in [-0.4, -0.2) is 37.2 Å². The fourth-order valence-electron chi connectivity index (χ4n) is 9.61. The highest BCUT2D eigenvalue weighted by Crippen LogP contribution is 2.17. The fraction of sp³-hybridized carbons (Fsp3) is 0.892. The molecule has 0 aromatic rings. The standard InChI is InChI=1S/C65H122O6/c1-4-7-10-13-16-19-22-24-26-27-28-29-30-31-32-33-34-35-36-37-38-39-40-42-43-46-49-52-55-58-64(67)70-61-62(60-69-63(66)57-54-51-48-45-21-18-15-12-9-6-3)71-65(68)59-56-53-50-47-44-41-25-23-20-17-14-11-8-5-2/h23,25,27-28,62H,4-22,24,26,29-61H2,1-3H3/b25-23-,28-27-. The molecule has 0 spiro atoms. The average Bonchev–Trinajstić information content (AvgIpc) is 3.37. The molecule has 1 atom stereocenters. The number of esters is 3. The Hall–Kier alpha value is -2.11. The van der Waals surface area contributed by atoms with Gasteiger partial charge in [0, 0.05) is 19.3 Å². The predicted molar refractivity (Wildman–Crippen MR) is 307 cm³/mol. The van der Waals surface area contributed by atoms with Gasteiger partial charge in [-0.2, -0.15) is 0 Å². The Bertz CT molecular complexity index is 1150. The summed E-state index contributed by atoms with van der Waals surface area (Å²) in [6, 6.07) is 0. The lowest BCUT2D eigenvalue weighted by Gasteiger charge is -2.18. The van der Waals surface area contributed by atoms with Gasteiger partial charge in [-0.25, -0.2) is 0 Å². The van der Waals surface area contributed by atoms with E-state index in [-0.39, 0.29) is 31.1 Å². The number of rotatable bonds is 59. The average molecular weight is 1000 g/mol. The molecule has 0 heterocycles. The normalized spacial score (nSPS) is 12.1. The molecular weight excluding hydrogens is 877 g/mol. The van der Waals surface area contributed by atoms with E-state index in [1.165, 1.54) is 250 Å². The monoisotopic (exact) mass is 999 g/mol. The summed E-state index contributed by atoms with van der Waals surface area (Å²) in [4.78, 5) is 38.1. The highest BCUT2D eigenvalue weighted by Gasteiger charge is 2.19. The highest BCUT2D eigenvalue weighted by molar-refractivity contribution is 5.71. The van der Waals surface area contributed by atoms with E-state index in [0.717, 1.165) is 64.2 Å². The summed E-state index contributed by atoms with van der Waals surface area (Å²) in [5, 5.41) is 0. The van der Waals surface area contributed by atoms with Crippen molar-refractivity contribution in [2.45, 2.75) is 361 Å². The van der Waals surface area contributed by atoms with Gasteiger partial charge >= 0.3 is 17.9 Å². The Morgan fingerprint density at radius 2 is 0.465 bits per heavy atom. The quantitative estimate of drug-likeness (QED) is 0.0261. The molecule has 0 aliphatic rings. The number of carbonyl (C=O) groups is 3.